The largest absolute Gasteiger partial charge is 0.443 e. The lowest BCUT2D eigenvalue weighted by atomic mass is 10.2. The van der Waals surface area contributed by atoms with Gasteiger partial charge in [0.2, 0.25) is 5.76 Å². The molecule has 3 rings (SSSR count). The Morgan fingerprint density at radius 3 is 2.95 bits per heavy atom. The van der Waals surface area contributed by atoms with Gasteiger partial charge in [-0.1, -0.05) is 11.6 Å². The van der Waals surface area contributed by atoms with Crippen LogP contribution in [0.15, 0.2) is 32.3 Å². The standard InChI is InChI=1S/C13H7ClN2O2S/c1-19-12-9(5-15)18-11-7-3-2-6(14)4-8(7)16-13(17)10(11)12/h2-4H,1H3,(H,16,17). The number of H-pyrrole nitrogens is 1. The van der Waals surface area contributed by atoms with E-state index in [1.807, 2.05) is 6.07 Å². The molecule has 94 valence electrons. The minimum Gasteiger partial charge on any atom is -0.443 e. The molecule has 6 heteroatoms. The van der Waals surface area contributed by atoms with Crippen molar-refractivity contribution in [1.29, 1.82) is 5.26 Å². The van der Waals surface area contributed by atoms with Crippen LogP contribution in [0.25, 0.3) is 21.9 Å². The zero-order valence-corrected chi connectivity index (χ0v) is 11.4. The molecule has 0 saturated heterocycles. The maximum absolute atomic E-state index is 12.1. The number of nitriles is 1. The van der Waals surface area contributed by atoms with E-state index in [1.165, 1.54) is 11.8 Å². The summed E-state index contributed by atoms with van der Waals surface area (Å²) in [7, 11) is 0. The molecule has 0 bridgehead atoms. The van der Waals surface area contributed by atoms with Crippen molar-refractivity contribution < 1.29 is 4.42 Å². The van der Waals surface area contributed by atoms with E-state index >= 15 is 0 Å². The summed E-state index contributed by atoms with van der Waals surface area (Å²) >= 11 is 7.22. The van der Waals surface area contributed by atoms with E-state index in [-0.39, 0.29) is 11.3 Å². The highest BCUT2D eigenvalue weighted by atomic mass is 35.5. The SMILES string of the molecule is CSc1c(C#N)oc2c1c(=O)[nH]c1cc(Cl)ccc12. The fourth-order valence-electron chi connectivity index (χ4n) is 2.08. The average Bonchev–Trinajstić information content (AvgIpc) is 2.77. The van der Waals surface area contributed by atoms with Crippen LogP contribution in [0.1, 0.15) is 5.76 Å². The van der Waals surface area contributed by atoms with Gasteiger partial charge in [-0.15, -0.1) is 11.8 Å². The molecule has 4 nitrogen and oxygen atoms in total. The van der Waals surface area contributed by atoms with Gasteiger partial charge in [0.15, 0.2) is 5.58 Å². The average molecular weight is 291 g/mol. The molecule has 0 radical (unpaired) electrons. The van der Waals surface area contributed by atoms with Crippen LogP contribution in [0.4, 0.5) is 0 Å². The number of hydrogen-bond donors (Lipinski definition) is 1. The number of rotatable bonds is 1. The van der Waals surface area contributed by atoms with E-state index in [4.69, 9.17) is 21.3 Å². The Balaban J connectivity index is 2.60. The summed E-state index contributed by atoms with van der Waals surface area (Å²) in [6, 6.07) is 7.12. The molecule has 2 heterocycles. The number of benzene rings is 1. The summed E-state index contributed by atoms with van der Waals surface area (Å²) in [5.41, 5.74) is 0.742. The summed E-state index contributed by atoms with van der Waals surface area (Å²) in [6.45, 7) is 0. The molecule has 0 unspecified atom stereocenters. The molecule has 2 aromatic heterocycles. The van der Waals surface area contributed by atoms with Crippen LogP contribution < -0.4 is 5.56 Å². The van der Waals surface area contributed by atoms with Crippen molar-refractivity contribution >= 4 is 45.2 Å². The number of thioether (sulfide) groups is 1. The molecule has 0 aliphatic heterocycles. The zero-order valence-electron chi connectivity index (χ0n) is 9.78. The predicted molar refractivity (Wildman–Crippen MR) is 75.8 cm³/mol. The van der Waals surface area contributed by atoms with Gasteiger partial charge in [-0.05, 0) is 24.5 Å². The Hall–Kier alpha value is -1.90. The normalized spacial score (nSPS) is 11.0. The van der Waals surface area contributed by atoms with Crippen LogP contribution in [-0.4, -0.2) is 11.2 Å². The number of halogens is 1. The van der Waals surface area contributed by atoms with Gasteiger partial charge >= 0.3 is 0 Å². The monoisotopic (exact) mass is 290 g/mol. The van der Waals surface area contributed by atoms with Crippen LogP contribution >= 0.6 is 23.4 Å². The van der Waals surface area contributed by atoms with E-state index in [9.17, 15) is 4.79 Å². The molecular formula is C13H7ClN2O2S. The molecule has 3 aromatic rings. The Morgan fingerprint density at radius 1 is 1.47 bits per heavy atom. The lowest BCUT2D eigenvalue weighted by molar-refractivity contribution is 0.593. The van der Waals surface area contributed by atoms with Crippen LogP contribution in [0.3, 0.4) is 0 Å². The third-order valence-electron chi connectivity index (χ3n) is 2.87. The molecule has 0 spiro atoms. The fourth-order valence-corrected chi connectivity index (χ4v) is 2.92. The van der Waals surface area contributed by atoms with Crippen molar-refractivity contribution in [3.05, 3.63) is 39.3 Å². The van der Waals surface area contributed by atoms with Gasteiger partial charge in [-0.25, -0.2) is 0 Å². The highest BCUT2D eigenvalue weighted by Gasteiger charge is 2.18. The molecule has 0 amide bonds. The van der Waals surface area contributed by atoms with Gasteiger partial charge in [0.1, 0.15) is 11.5 Å². The highest BCUT2D eigenvalue weighted by molar-refractivity contribution is 7.98. The number of hydrogen-bond acceptors (Lipinski definition) is 4. The molecule has 0 fully saturated rings. The molecule has 0 atom stereocenters. The topological polar surface area (TPSA) is 69.8 Å². The first-order chi connectivity index (χ1) is 9.15. The van der Waals surface area contributed by atoms with Gasteiger partial charge < -0.3 is 9.40 Å². The van der Waals surface area contributed by atoms with Gasteiger partial charge in [-0.2, -0.15) is 5.26 Å². The molecule has 19 heavy (non-hydrogen) atoms. The van der Waals surface area contributed by atoms with Gasteiger partial charge in [0.25, 0.3) is 5.56 Å². The Kier molecular flexibility index (Phi) is 2.77. The Labute approximate surface area is 117 Å². The van der Waals surface area contributed by atoms with Crippen LogP contribution in [0, 0.1) is 11.3 Å². The first kappa shape index (κ1) is 12.2. The predicted octanol–water partition coefficient (Wildman–Crippen LogP) is 3.52. The van der Waals surface area contributed by atoms with Crippen LogP contribution in [-0.2, 0) is 0 Å². The van der Waals surface area contributed by atoms with E-state index < -0.39 is 0 Å². The number of nitrogens with zero attached hydrogens (tertiary/aromatic N) is 1. The number of nitrogens with one attached hydrogen (secondary N) is 1. The fraction of sp³-hybridized carbons (Fsp3) is 0.0769. The van der Waals surface area contributed by atoms with E-state index in [1.54, 1.807) is 24.5 Å². The van der Waals surface area contributed by atoms with Crippen molar-refractivity contribution in [2.75, 3.05) is 6.26 Å². The molecular weight excluding hydrogens is 284 g/mol. The second kappa shape index (κ2) is 4.34. The van der Waals surface area contributed by atoms with E-state index in [0.717, 1.165) is 5.39 Å². The lowest BCUT2D eigenvalue weighted by Crippen LogP contribution is -2.05. The molecule has 0 aliphatic rings. The second-order valence-corrected chi connectivity index (χ2v) is 5.18. The Bertz CT molecular complexity index is 905. The quantitative estimate of drug-likeness (QED) is 0.696. The first-order valence-corrected chi connectivity index (χ1v) is 6.98. The highest BCUT2D eigenvalue weighted by Crippen LogP contribution is 2.34. The van der Waals surface area contributed by atoms with Crippen LogP contribution in [0.5, 0.6) is 0 Å². The van der Waals surface area contributed by atoms with Crippen molar-refractivity contribution in [2.24, 2.45) is 0 Å². The summed E-state index contributed by atoms with van der Waals surface area (Å²) < 4.78 is 5.53. The third-order valence-corrected chi connectivity index (χ3v) is 3.90. The van der Waals surface area contributed by atoms with Gasteiger partial charge in [-0.3, -0.25) is 4.79 Å². The minimum atomic E-state index is -0.278. The zero-order chi connectivity index (χ0) is 13.6. The van der Waals surface area contributed by atoms with Crippen molar-refractivity contribution in [1.82, 2.24) is 4.98 Å². The summed E-state index contributed by atoms with van der Waals surface area (Å²) in [6.07, 6.45) is 1.80. The third kappa shape index (κ3) is 1.72. The molecule has 0 aliphatic carbocycles. The van der Waals surface area contributed by atoms with Crippen molar-refractivity contribution in [2.45, 2.75) is 4.90 Å². The molecule has 1 N–H and O–H groups in total. The van der Waals surface area contributed by atoms with Crippen molar-refractivity contribution in [3.8, 4) is 6.07 Å². The van der Waals surface area contributed by atoms with Crippen molar-refractivity contribution in [3.63, 3.8) is 0 Å². The smallest absolute Gasteiger partial charge is 0.260 e. The molecule has 0 saturated carbocycles. The van der Waals surface area contributed by atoms with E-state index in [0.29, 0.717) is 26.4 Å². The number of fused-ring (bicyclic) bond motifs is 3. The summed E-state index contributed by atoms with van der Waals surface area (Å²) in [5.74, 6) is 0.162. The number of furan rings is 1. The maximum Gasteiger partial charge on any atom is 0.260 e. The number of pyridine rings is 1. The van der Waals surface area contributed by atoms with E-state index in [2.05, 4.69) is 4.98 Å². The van der Waals surface area contributed by atoms with Gasteiger partial charge in [0.05, 0.1) is 10.4 Å². The lowest BCUT2D eigenvalue weighted by Gasteiger charge is -1.99. The van der Waals surface area contributed by atoms with Crippen LogP contribution in [0.2, 0.25) is 5.02 Å². The first-order valence-electron chi connectivity index (χ1n) is 5.38. The summed E-state index contributed by atoms with van der Waals surface area (Å²) in [4.78, 5) is 15.5. The number of aromatic amines is 1. The second-order valence-electron chi connectivity index (χ2n) is 3.92. The minimum absolute atomic E-state index is 0.162. The summed E-state index contributed by atoms with van der Waals surface area (Å²) in [5, 5.41) is 10.7. The number of aromatic nitrogens is 1. The molecule has 1 aromatic carbocycles. The Morgan fingerprint density at radius 2 is 2.26 bits per heavy atom. The van der Waals surface area contributed by atoms with Gasteiger partial charge in [0, 0.05) is 10.4 Å². The maximum atomic E-state index is 12.1.